The summed E-state index contributed by atoms with van der Waals surface area (Å²) in [5, 5.41) is 0. The van der Waals surface area contributed by atoms with Crippen molar-refractivity contribution in [3.63, 3.8) is 0 Å². The van der Waals surface area contributed by atoms with Crippen LogP contribution in [0.5, 0.6) is 0 Å². The molecule has 0 aromatic heterocycles. The van der Waals surface area contributed by atoms with Gasteiger partial charge in [-0.15, -0.1) is 0 Å². The van der Waals surface area contributed by atoms with E-state index in [2.05, 4.69) is 0 Å². The highest BCUT2D eigenvalue weighted by Crippen LogP contribution is 2.26. The summed E-state index contributed by atoms with van der Waals surface area (Å²) in [5.41, 5.74) is 1.54. The molecule has 0 radical (unpaired) electrons. The summed E-state index contributed by atoms with van der Waals surface area (Å²) in [7, 11) is 3.09. The zero-order chi connectivity index (χ0) is 14.4. The van der Waals surface area contributed by atoms with E-state index >= 15 is 0 Å². The number of carbonyl (C=O) groups is 1. The van der Waals surface area contributed by atoms with Gasteiger partial charge in [0.05, 0.1) is 5.92 Å². The first-order chi connectivity index (χ1) is 9.77. The van der Waals surface area contributed by atoms with Gasteiger partial charge in [-0.3, -0.25) is 4.79 Å². The number of hydrogen-bond donors (Lipinski definition) is 0. The minimum Gasteiger partial charge on any atom is -0.355 e. The molecule has 2 rings (SSSR count). The fourth-order valence-corrected chi connectivity index (χ4v) is 2.24. The molecule has 0 bridgehead atoms. The molecule has 0 saturated carbocycles. The Morgan fingerprint density at radius 3 is 1.85 bits per heavy atom. The molecular formula is C17H18O3. The first-order valence-electron chi connectivity index (χ1n) is 6.47. The molecular weight excluding hydrogens is 252 g/mol. The highest BCUT2D eigenvalue weighted by molar-refractivity contribution is 6.01. The Kier molecular flexibility index (Phi) is 5.04. The summed E-state index contributed by atoms with van der Waals surface area (Å²) in [6.45, 7) is 0. The zero-order valence-corrected chi connectivity index (χ0v) is 11.7. The van der Waals surface area contributed by atoms with E-state index < -0.39 is 12.2 Å². The van der Waals surface area contributed by atoms with Crippen LogP contribution in [-0.4, -0.2) is 26.3 Å². The predicted molar refractivity (Wildman–Crippen MR) is 77.8 cm³/mol. The van der Waals surface area contributed by atoms with Gasteiger partial charge < -0.3 is 9.47 Å². The van der Waals surface area contributed by atoms with Gasteiger partial charge >= 0.3 is 0 Å². The van der Waals surface area contributed by atoms with Crippen molar-refractivity contribution in [3.05, 3.63) is 71.8 Å². The molecule has 0 fully saturated rings. The van der Waals surface area contributed by atoms with E-state index in [0.29, 0.717) is 5.56 Å². The van der Waals surface area contributed by atoms with Gasteiger partial charge in [-0.25, -0.2) is 0 Å². The molecule has 0 aliphatic carbocycles. The molecule has 0 saturated heterocycles. The molecule has 3 heteroatoms. The van der Waals surface area contributed by atoms with E-state index in [0.717, 1.165) is 5.56 Å². The smallest absolute Gasteiger partial charge is 0.175 e. The van der Waals surface area contributed by atoms with E-state index in [1.807, 2.05) is 48.5 Å². The van der Waals surface area contributed by atoms with Gasteiger partial charge in [-0.05, 0) is 5.56 Å². The second-order valence-corrected chi connectivity index (χ2v) is 4.46. The topological polar surface area (TPSA) is 35.5 Å². The lowest BCUT2D eigenvalue weighted by molar-refractivity contribution is -0.110. The van der Waals surface area contributed by atoms with Crippen molar-refractivity contribution in [1.29, 1.82) is 0 Å². The molecule has 0 amide bonds. The number of ketones is 1. The number of methoxy groups -OCH3 is 2. The van der Waals surface area contributed by atoms with Crippen LogP contribution < -0.4 is 0 Å². The summed E-state index contributed by atoms with van der Waals surface area (Å²) >= 11 is 0. The van der Waals surface area contributed by atoms with Gasteiger partial charge in [0, 0.05) is 19.8 Å². The van der Waals surface area contributed by atoms with Crippen molar-refractivity contribution in [2.24, 2.45) is 0 Å². The molecule has 0 N–H and O–H groups in total. The van der Waals surface area contributed by atoms with Crippen LogP contribution in [-0.2, 0) is 9.47 Å². The third-order valence-electron chi connectivity index (χ3n) is 3.24. The number of rotatable bonds is 6. The standard InChI is InChI=1S/C17H18O3/c1-19-17(20-2)15(13-9-5-3-6-10-13)16(18)14-11-7-4-8-12-14/h3-12,15,17H,1-2H3. The number of benzene rings is 2. The summed E-state index contributed by atoms with van der Waals surface area (Å²) in [6.07, 6.45) is -0.606. The molecule has 0 aliphatic rings. The van der Waals surface area contributed by atoms with E-state index in [9.17, 15) is 4.79 Å². The Bertz CT molecular complexity index is 533. The second-order valence-electron chi connectivity index (χ2n) is 4.46. The third-order valence-corrected chi connectivity index (χ3v) is 3.24. The maximum atomic E-state index is 12.7. The normalized spacial score (nSPS) is 12.3. The number of carbonyl (C=O) groups excluding carboxylic acids is 1. The van der Waals surface area contributed by atoms with Crippen LogP contribution in [0.3, 0.4) is 0 Å². The molecule has 1 unspecified atom stereocenters. The Balaban J connectivity index is 2.39. The van der Waals surface area contributed by atoms with Crippen LogP contribution in [0.1, 0.15) is 21.8 Å². The molecule has 20 heavy (non-hydrogen) atoms. The lowest BCUT2D eigenvalue weighted by Gasteiger charge is -2.24. The quantitative estimate of drug-likeness (QED) is 0.597. The highest BCUT2D eigenvalue weighted by Gasteiger charge is 2.30. The van der Waals surface area contributed by atoms with Gasteiger partial charge in [-0.2, -0.15) is 0 Å². The fourth-order valence-electron chi connectivity index (χ4n) is 2.24. The summed E-state index contributed by atoms with van der Waals surface area (Å²) in [4.78, 5) is 12.7. The van der Waals surface area contributed by atoms with Crippen LogP contribution in [0.15, 0.2) is 60.7 Å². The van der Waals surface area contributed by atoms with Crippen LogP contribution in [0.4, 0.5) is 0 Å². The van der Waals surface area contributed by atoms with Crippen LogP contribution in [0.2, 0.25) is 0 Å². The minimum atomic E-state index is -0.606. The summed E-state index contributed by atoms with van der Waals surface area (Å²) in [5.74, 6) is -0.487. The van der Waals surface area contributed by atoms with Crippen molar-refractivity contribution in [1.82, 2.24) is 0 Å². The molecule has 3 nitrogen and oxygen atoms in total. The zero-order valence-electron chi connectivity index (χ0n) is 11.7. The van der Waals surface area contributed by atoms with Gasteiger partial charge in [0.2, 0.25) is 0 Å². The lowest BCUT2D eigenvalue weighted by Crippen LogP contribution is -2.29. The van der Waals surface area contributed by atoms with E-state index in [1.165, 1.54) is 0 Å². The number of hydrogen-bond acceptors (Lipinski definition) is 3. The summed E-state index contributed by atoms with van der Waals surface area (Å²) < 4.78 is 10.6. The fraction of sp³-hybridized carbons (Fsp3) is 0.235. The molecule has 2 aromatic rings. The third kappa shape index (κ3) is 3.13. The molecule has 0 heterocycles. The Hall–Kier alpha value is -1.97. The molecule has 1 atom stereocenters. The Morgan fingerprint density at radius 1 is 0.850 bits per heavy atom. The largest absolute Gasteiger partial charge is 0.355 e. The molecule has 104 valence electrons. The first kappa shape index (κ1) is 14.4. The van der Waals surface area contributed by atoms with E-state index in [1.54, 1.807) is 26.4 Å². The van der Waals surface area contributed by atoms with E-state index in [-0.39, 0.29) is 5.78 Å². The first-order valence-corrected chi connectivity index (χ1v) is 6.47. The van der Waals surface area contributed by atoms with Gasteiger partial charge in [0.25, 0.3) is 0 Å². The lowest BCUT2D eigenvalue weighted by atomic mass is 9.90. The van der Waals surface area contributed by atoms with Crippen LogP contribution in [0, 0.1) is 0 Å². The SMILES string of the molecule is COC(OC)C(C(=O)c1ccccc1)c1ccccc1. The van der Waals surface area contributed by atoms with Gasteiger partial charge in [0.15, 0.2) is 12.1 Å². The Morgan fingerprint density at radius 2 is 1.35 bits per heavy atom. The van der Waals surface area contributed by atoms with Crippen LogP contribution >= 0.6 is 0 Å². The van der Waals surface area contributed by atoms with Crippen molar-refractivity contribution in [2.45, 2.75) is 12.2 Å². The monoisotopic (exact) mass is 270 g/mol. The highest BCUT2D eigenvalue weighted by atomic mass is 16.7. The average Bonchev–Trinajstić information content (AvgIpc) is 2.53. The van der Waals surface area contributed by atoms with E-state index in [4.69, 9.17) is 9.47 Å². The maximum absolute atomic E-state index is 12.7. The van der Waals surface area contributed by atoms with Crippen LogP contribution in [0.25, 0.3) is 0 Å². The molecule has 2 aromatic carbocycles. The second kappa shape index (κ2) is 6.98. The number of ether oxygens (including phenoxy) is 2. The average molecular weight is 270 g/mol. The van der Waals surface area contributed by atoms with Gasteiger partial charge in [0.1, 0.15) is 0 Å². The number of Topliss-reactive ketones (excluding diaryl/α,β-unsaturated/α-hetero) is 1. The summed E-state index contributed by atoms with van der Waals surface area (Å²) in [6, 6.07) is 18.8. The minimum absolute atomic E-state index is 0.00880. The van der Waals surface area contributed by atoms with Crippen molar-refractivity contribution in [2.75, 3.05) is 14.2 Å². The molecule has 0 spiro atoms. The van der Waals surface area contributed by atoms with Gasteiger partial charge in [-0.1, -0.05) is 60.7 Å². The maximum Gasteiger partial charge on any atom is 0.175 e. The predicted octanol–water partition coefficient (Wildman–Crippen LogP) is 3.27. The Labute approximate surface area is 119 Å². The van der Waals surface area contributed by atoms with Crippen molar-refractivity contribution >= 4 is 5.78 Å². The van der Waals surface area contributed by atoms with Crippen molar-refractivity contribution < 1.29 is 14.3 Å². The van der Waals surface area contributed by atoms with Crippen molar-refractivity contribution in [3.8, 4) is 0 Å². The molecule has 0 aliphatic heterocycles.